The number of rotatable bonds is 8. The predicted molar refractivity (Wildman–Crippen MR) is 115 cm³/mol. The van der Waals surface area contributed by atoms with Crippen molar-refractivity contribution >= 4 is 15.8 Å². The van der Waals surface area contributed by atoms with Crippen LogP contribution < -0.4 is 20.1 Å². The zero-order valence-electron chi connectivity index (χ0n) is 17.6. The van der Waals surface area contributed by atoms with Crippen molar-refractivity contribution in [2.75, 3.05) is 27.0 Å². The number of methoxy groups -OCH3 is 2. The standard InChI is InChI=1S/C21H29N3O4S/c1-6-22-21(24-14-17-7-9-18(27-3)19(12-17)28-4)23-13-16-8-10-20(15(2)11-16)29(5,25)26/h7-12H,6,13-14H2,1-5H3,(H2,22,23,24). The second kappa shape index (κ2) is 10.2. The maximum absolute atomic E-state index is 11.8. The Morgan fingerprint density at radius 2 is 1.69 bits per heavy atom. The second-order valence-corrected chi connectivity index (χ2v) is 8.59. The van der Waals surface area contributed by atoms with E-state index in [4.69, 9.17) is 9.47 Å². The number of sulfone groups is 1. The summed E-state index contributed by atoms with van der Waals surface area (Å²) in [5, 5.41) is 6.50. The highest BCUT2D eigenvalue weighted by Gasteiger charge is 2.11. The van der Waals surface area contributed by atoms with Gasteiger partial charge in [-0.25, -0.2) is 13.4 Å². The number of ether oxygens (including phenoxy) is 2. The summed E-state index contributed by atoms with van der Waals surface area (Å²) >= 11 is 0. The van der Waals surface area contributed by atoms with Crippen LogP contribution in [0.25, 0.3) is 0 Å². The quantitative estimate of drug-likeness (QED) is 0.505. The lowest BCUT2D eigenvalue weighted by Gasteiger charge is -2.13. The number of benzene rings is 2. The van der Waals surface area contributed by atoms with E-state index in [1.165, 1.54) is 6.26 Å². The number of guanidine groups is 1. The summed E-state index contributed by atoms with van der Waals surface area (Å²) in [5.74, 6) is 2.03. The molecule has 0 atom stereocenters. The van der Waals surface area contributed by atoms with Gasteiger partial charge in [0.15, 0.2) is 27.3 Å². The molecule has 0 aliphatic heterocycles. The van der Waals surface area contributed by atoms with Gasteiger partial charge < -0.3 is 20.1 Å². The van der Waals surface area contributed by atoms with Gasteiger partial charge in [-0.15, -0.1) is 0 Å². The Kier molecular flexibility index (Phi) is 7.90. The summed E-state index contributed by atoms with van der Waals surface area (Å²) in [5.41, 5.74) is 2.70. The zero-order chi connectivity index (χ0) is 21.4. The number of hydrogen-bond donors (Lipinski definition) is 2. The number of hydrogen-bond acceptors (Lipinski definition) is 5. The molecule has 0 bridgehead atoms. The zero-order valence-corrected chi connectivity index (χ0v) is 18.4. The van der Waals surface area contributed by atoms with E-state index < -0.39 is 9.84 Å². The summed E-state index contributed by atoms with van der Waals surface area (Å²) in [6, 6.07) is 11.0. The van der Waals surface area contributed by atoms with Gasteiger partial charge in [-0.2, -0.15) is 0 Å². The van der Waals surface area contributed by atoms with Crippen molar-refractivity contribution < 1.29 is 17.9 Å². The molecule has 0 aliphatic carbocycles. The predicted octanol–water partition coefficient (Wildman–Crippen LogP) is 2.67. The van der Waals surface area contributed by atoms with Crippen LogP contribution in [0.1, 0.15) is 23.6 Å². The summed E-state index contributed by atoms with van der Waals surface area (Å²) < 4.78 is 34.1. The molecule has 2 N–H and O–H groups in total. The van der Waals surface area contributed by atoms with Crippen LogP contribution in [0.2, 0.25) is 0 Å². The van der Waals surface area contributed by atoms with Crippen LogP contribution in [-0.2, 0) is 22.9 Å². The molecule has 8 heteroatoms. The molecule has 0 unspecified atom stereocenters. The normalized spacial score (nSPS) is 11.8. The first-order valence-corrected chi connectivity index (χ1v) is 11.2. The van der Waals surface area contributed by atoms with Crippen LogP contribution in [0.4, 0.5) is 0 Å². The van der Waals surface area contributed by atoms with Gasteiger partial charge in [0.25, 0.3) is 0 Å². The fourth-order valence-electron chi connectivity index (χ4n) is 2.91. The third-order valence-electron chi connectivity index (χ3n) is 4.31. The van der Waals surface area contributed by atoms with Crippen molar-refractivity contribution in [1.29, 1.82) is 0 Å². The van der Waals surface area contributed by atoms with Crippen LogP contribution >= 0.6 is 0 Å². The van der Waals surface area contributed by atoms with Crippen molar-refractivity contribution in [2.45, 2.75) is 31.8 Å². The highest BCUT2D eigenvalue weighted by Crippen LogP contribution is 2.27. The molecule has 0 fully saturated rings. The minimum atomic E-state index is -3.22. The highest BCUT2D eigenvalue weighted by atomic mass is 32.2. The highest BCUT2D eigenvalue weighted by molar-refractivity contribution is 7.90. The smallest absolute Gasteiger partial charge is 0.191 e. The monoisotopic (exact) mass is 419 g/mol. The molecular weight excluding hydrogens is 390 g/mol. The van der Waals surface area contributed by atoms with Gasteiger partial charge in [-0.1, -0.05) is 18.2 Å². The molecule has 0 saturated carbocycles. The molecule has 0 saturated heterocycles. The van der Waals surface area contributed by atoms with E-state index in [1.807, 2.05) is 31.2 Å². The van der Waals surface area contributed by atoms with Gasteiger partial charge >= 0.3 is 0 Å². The van der Waals surface area contributed by atoms with Crippen molar-refractivity contribution in [3.05, 3.63) is 53.1 Å². The molecule has 2 aromatic rings. The van der Waals surface area contributed by atoms with Crippen LogP contribution in [-0.4, -0.2) is 41.4 Å². The number of aliphatic imine (C=N–C) groups is 1. The number of nitrogens with one attached hydrogen (secondary N) is 2. The molecule has 2 aromatic carbocycles. The Balaban J connectivity index is 2.09. The third kappa shape index (κ3) is 6.39. The molecule has 0 spiro atoms. The lowest BCUT2D eigenvalue weighted by molar-refractivity contribution is 0.354. The Hall–Kier alpha value is -2.74. The molecule has 158 valence electrons. The largest absolute Gasteiger partial charge is 0.493 e. The third-order valence-corrected chi connectivity index (χ3v) is 5.57. The summed E-state index contributed by atoms with van der Waals surface area (Å²) in [6.07, 6.45) is 1.22. The van der Waals surface area contributed by atoms with Crippen LogP contribution in [0.5, 0.6) is 11.5 Å². The van der Waals surface area contributed by atoms with Gasteiger partial charge in [-0.3, -0.25) is 0 Å². The molecule has 29 heavy (non-hydrogen) atoms. The van der Waals surface area contributed by atoms with Crippen LogP contribution in [0.15, 0.2) is 46.3 Å². The summed E-state index contributed by atoms with van der Waals surface area (Å²) in [6.45, 7) is 5.52. The molecule has 7 nitrogen and oxygen atoms in total. The summed E-state index contributed by atoms with van der Waals surface area (Å²) in [4.78, 5) is 4.95. The Labute approximate surface area is 173 Å². The van der Waals surface area contributed by atoms with Crippen molar-refractivity contribution in [3.63, 3.8) is 0 Å². The van der Waals surface area contributed by atoms with Gasteiger partial charge in [-0.05, 0) is 48.7 Å². The topological polar surface area (TPSA) is 89.0 Å². The first kappa shape index (κ1) is 22.5. The minimum Gasteiger partial charge on any atom is -0.493 e. The maximum atomic E-state index is 11.8. The first-order chi connectivity index (χ1) is 13.8. The van der Waals surface area contributed by atoms with Crippen LogP contribution in [0.3, 0.4) is 0 Å². The fraction of sp³-hybridized carbons (Fsp3) is 0.381. The maximum Gasteiger partial charge on any atom is 0.191 e. The molecule has 2 rings (SSSR count). The van der Waals surface area contributed by atoms with E-state index >= 15 is 0 Å². The Morgan fingerprint density at radius 1 is 1.00 bits per heavy atom. The van der Waals surface area contributed by atoms with E-state index in [0.29, 0.717) is 35.4 Å². The van der Waals surface area contributed by atoms with E-state index in [9.17, 15) is 8.42 Å². The SMILES string of the molecule is CCNC(=NCc1ccc(S(C)(=O)=O)c(C)c1)NCc1ccc(OC)c(OC)c1. The van der Waals surface area contributed by atoms with Crippen molar-refractivity contribution in [3.8, 4) is 11.5 Å². The Morgan fingerprint density at radius 3 is 2.28 bits per heavy atom. The summed E-state index contributed by atoms with van der Waals surface area (Å²) in [7, 11) is -0.00416. The minimum absolute atomic E-state index is 0.351. The van der Waals surface area contributed by atoms with Gasteiger partial charge in [0, 0.05) is 19.3 Å². The fourth-order valence-corrected chi connectivity index (χ4v) is 3.87. The van der Waals surface area contributed by atoms with E-state index in [-0.39, 0.29) is 0 Å². The molecule has 0 radical (unpaired) electrons. The molecule has 0 amide bonds. The van der Waals surface area contributed by atoms with Gasteiger partial charge in [0.2, 0.25) is 0 Å². The van der Waals surface area contributed by atoms with E-state index in [2.05, 4.69) is 15.6 Å². The number of nitrogens with zero attached hydrogens (tertiary/aromatic N) is 1. The molecule has 0 aromatic heterocycles. The van der Waals surface area contributed by atoms with Gasteiger partial charge in [0.1, 0.15) is 0 Å². The lowest BCUT2D eigenvalue weighted by Crippen LogP contribution is -2.36. The average molecular weight is 420 g/mol. The molecule has 0 heterocycles. The molecule has 0 aliphatic rings. The van der Waals surface area contributed by atoms with Crippen LogP contribution in [0, 0.1) is 6.92 Å². The Bertz CT molecular complexity index is 972. The van der Waals surface area contributed by atoms with Crippen molar-refractivity contribution in [1.82, 2.24) is 10.6 Å². The lowest BCUT2D eigenvalue weighted by atomic mass is 10.1. The van der Waals surface area contributed by atoms with E-state index in [0.717, 1.165) is 23.2 Å². The van der Waals surface area contributed by atoms with Gasteiger partial charge in [0.05, 0.1) is 25.7 Å². The van der Waals surface area contributed by atoms with E-state index in [1.54, 1.807) is 33.3 Å². The first-order valence-electron chi connectivity index (χ1n) is 9.31. The number of aryl methyl sites for hydroxylation is 1. The average Bonchev–Trinajstić information content (AvgIpc) is 2.68. The molecular formula is C21H29N3O4S. The second-order valence-electron chi connectivity index (χ2n) is 6.61. The van der Waals surface area contributed by atoms with Crippen molar-refractivity contribution in [2.24, 2.45) is 4.99 Å².